The summed E-state index contributed by atoms with van der Waals surface area (Å²) in [5.74, 6) is -0.401. The van der Waals surface area contributed by atoms with Crippen LogP contribution in [0.4, 0.5) is 0 Å². The van der Waals surface area contributed by atoms with E-state index in [1.165, 1.54) is 11.6 Å². The van der Waals surface area contributed by atoms with Gasteiger partial charge in [0.1, 0.15) is 0 Å². The van der Waals surface area contributed by atoms with Crippen LogP contribution in [0.1, 0.15) is 11.7 Å². The van der Waals surface area contributed by atoms with E-state index >= 15 is 0 Å². The van der Waals surface area contributed by atoms with Gasteiger partial charge in [0.05, 0.1) is 0 Å². The molecule has 2 aromatic carbocycles. The molecule has 1 fully saturated rings. The maximum atomic E-state index is 12.3. The van der Waals surface area contributed by atoms with Crippen LogP contribution in [0.25, 0.3) is 0 Å². The molecule has 4 heteroatoms. The van der Waals surface area contributed by atoms with Crippen LogP contribution in [0.3, 0.4) is 0 Å². The van der Waals surface area contributed by atoms with E-state index in [4.69, 9.17) is 9.47 Å². The van der Waals surface area contributed by atoms with Gasteiger partial charge in [-0.25, -0.2) is 0 Å². The number of benzene rings is 2. The summed E-state index contributed by atoms with van der Waals surface area (Å²) in [7, 11) is 1.45. The Balaban J connectivity index is 1.83. The van der Waals surface area contributed by atoms with Gasteiger partial charge in [-0.2, -0.15) is 0 Å². The van der Waals surface area contributed by atoms with Crippen LogP contribution < -0.4 is 4.46 Å². The molecule has 2 aromatic rings. The summed E-state index contributed by atoms with van der Waals surface area (Å²) in [6.45, 7) is 0.605. The van der Waals surface area contributed by atoms with Crippen LogP contribution in [0.2, 0.25) is 4.82 Å². The van der Waals surface area contributed by atoms with E-state index in [9.17, 15) is 4.79 Å². The second-order valence-electron chi connectivity index (χ2n) is 5.18. The molecule has 0 amide bonds. The van der Waals surface area contributed by atoms with Crippen LogP contribution in [0, 0.1) is 5.92 Å². The van der Waals surface area contributed by atoms with Crippen LogP contribution in [-0.2, 0) is 14.3 Å². The molecule has 3 rings (SSSR count). The van der Waals surface area contributed by atoms with E-state index in [0.717, 1.165) is 5.56 Å². The second-order valence-corrected chi connectivity index (χ2v) is 7.94. The van der Waals surface area contributed by atoms with Gasteiger partial charge in [-0.15, -0.1) is 0 Å². The molecule has 1 aliphatic rings. The van der Waals surface area contributed by atoms with Crippen molar-refractivity contribution in [2.75, 3.05) is 13.7 Å². The molecule has 3 atom stereocenters. The predicted molar refractivity (Wildman–Crippen MR) is 86.2 cm³/mol. The van der Waals surface area contributed by atoms with Gasteiger partial charge in [-0.1, -0.05) is 0 Å². The van der Waals surface area contributed by atoms with E-state index in [0.29, 0.717) is 6.61 Å². The molecule has 0 unspecified atom stereocenters. The minimum absolute atomic E-state index is 0.172. The van der Waals surface area contributed by atoms with E-state index in [1.807, 2.05) is 48.5 Å². The first-order valence-corrected chi connectivity index (χ1v) is 9.10. The molecule has 114 valence electrons. The summed E-state index contributed by atoms with van der Waals surface area (Å²) in [4.78, 5) is 12.5. The Kier molecular flexibility index (Phi) is 4.93. The van der Waals surface area contributed by atoms with Gasteiger partial charge in [0.25, 0.3) is 0 Å². The summed E-state index contributed by atoms with van der Waals surface area (Å²) in [5, 5.41) is 0. The molecular formula is C18H18O3Se. The SMILES string of the molecule is COC(=O)[C@@H]1[C@@H]([Se]c2ccccc2)CO[C@H]1c1ccccc1. The molecule has 0 aliphatic carbocycles. The first-order chi connectivity index (χ1) is 10.8. The van der Waals surface area contributed by atoms with Crippen LogP contribution in [-0.4, -0.2) is 34.6 Å². The summed E-state index contributed by atoms with van der Waals surface area (Å²) >= 11 is 0.184. The first kappa shape index (κ1) is 15.3. The van der Waals surface area contributed by atoms with Gasteiger partial charge >= 0.3 is 136 Å². The van der Waals surface area contributed by atoms with Crippen molar-refractivity contribution >= 4 is 25.4 Å². The Morgan fingerprint density at radius 3 is 2.36 bits per heavy atom. The van der Waals surface area contributed by atoms with Crippen molar-refractivity contribution in [2.24, 2.45) is 5.92 Å². The third-order valence-corrected chi connectivity index (χ3v) is 6.48. The predicted octanol–water partition coefficient (Wildman–Crippen LogP) is 2.37. The first-order valence-electron chi connectivity index (χ1n) is 7.25. The second kappa shape index (κ2) is 7.10. The standard InChI is InChI=1S/C18H18O3Se/c1-20-18(19)16-15(22-14-10-6-3-7-11-14)12-21-17(16)13-8-4-2-5-9-13/h2-11,15-17H,12H2,1H3/t15-,16+,17-/m0/s1. The van der Waals surface area contributed by atoms with Gasteiger partial charge < -0.3 is 0 Å². The van der Waals surface area contributed by atoms with Gasteiger partial charge in [-0.05, 0) is 0 Å². The van der Waals surface area contributed by atoms with Crippen LogP contribution in [0.5, 0.6) is 0 Å². The third-order valence-electron chi connectivity index (χ3n) is 3.80. The minimum atomic E-state index is -0.229. The Morgan fingerprint density at radius 1 is 1.09 bits per heavy atom. The van der Waals surface area contributed by atoms with Gasteiger partial charge in [-0.3, -0.25) is 0 Å². The molecule has 3 nitrogen and oxygen atoms in total. The van der Waals surface area contributed by atoms with Crippen molar-refractivity contribution in [3.63, 3.8) is 0 Å². The van der Waals surface area contributed by atoms with Crippen molar-refractivity contribution in [2.45, 2.75) is 10.9 Å². The van der Waals surface area contributed by atoms with Crippen molar-refractivity contribution in [1.82, 2.24) is 0 Å². The van der Waals surface area contributed by atoms with Gasteiger partial charge in [0.2, 0.25) is 0 Å². The number of carbonyl (C=O) groups is 1. The van der Waals surface area contributed by atoms with E-state index in [1.54, 1.807) is 0 Å². The number of hydrogen-bond acceptors (Lipinski definition) is 3. The Hall–Kier alpha value is -1.61. The zero-order chi connectivity index (χ0) is 15.4. The molecule has 1 heterocycles. The molecule has 22 heavy (non-hydrogen) atoms. The summed E-state index contributed by atoms with van der Waals surface area (Å²) in [5.41, 5.74) is 1.05. The Labute approximate surface area is 136 Å². The van der Waals surface area contributed by atoms with Gasteiger partial charge in [0, 0.05) is 0 Å². The molecule has 0 aromatic heterocycles. The quantitative estimate of drug-likeness (QED) is 0.620. The molecule has 1 saturated heterocycles. The van der Waals surface area contributed by atoms with E-state index < -0.39 is 0 Å². The zero-order valence-corrected chi connectivity index (χ0v) is 14.1. The van der Waals surface area contributed by atoms with Crippen molar-refractivity contribution in [3.8, 4) is 0 Å². The van der Waals surface area contributed by atoms with E-state index in [-0.39, 0.29) is 37.8 Å². The number of rotatable bonds is 4. The topological polar surface area (TPSA) is 35.5 Å². The monoisotopic (exact) mass is 362 g/mol. The third kappa shape index (κ3) is 3.25. The normalized spacial score (nSPS) is 24.1. The van der Waals surface area contributed by atoms with Crippen molar-refractivity contribution < 1.29 is 14.3 Å². The number of hydrogen-bond donors (Lipinski definition) is 0. The van der Waals surface area contributed by atoms with Crippen LogP contribution >= 0.6 is 0 Å². The maximum absolute atomic E-state index is 12.3. The fourth-order valence-electron chi connectivity index (χ4n) is 2.74. The molecule has 0 spiro atoms. The number of carbonyl (C=O) groups excluding carboxylic acids is 1. The molecule has 0 N–H and O–H groups in total. The molecule has 0 saturated carbocycles. The summed E-state index contributed by atoms with van der Waals surface area (Å²) < 4.78 is 12.3. The average molecular weight is 361 g/mol. The molecule has 0 radical (unpaired) electrons. The van der Waals surface area contributed by atoms with Crippen LogP contribution in [0.15, 0.2) is 60.7 Å². The zero-order valence-electron chi connectivity index (χ0n) is 12.3. The number of esters is 1. The molecular weight excluding hydrogens is 343 g/mol. The Bertz CT molecular complexity index is 615. The average Bonchev–Trinajstić information content (AvgIpc) is 2.99. The van der Waals surface area contributed by atoms with Gasteiger partial charge in [0.15, 0.2) is 0 Å². The van der Waals surface area contributed by atoms with Crippen molar-refractivity contribution in [1.29, 1.82) is 0 Å². The Morgan fingerprint density at radius 2 is 1.73 bits per heavy atom. The van der Waals surface area contributed by atoms with Crippen molar-refractivity contribution in [3.05, 3.63) is 66.2 Å². The fourth-order valence-corrected chi connectivity index (χ4v) is 5.28. The number of methoxy groups -OCH3 is 1. The number of ether oxygens (including phenoxy) is 2. The van der Waals surface area contributed by atoms with E-state index in [2.05, 4.69) is 12.1 Å². The summed E-state index contributed by atoms with van der Waals surface area (Å²) in [6, 6.07) is 20.3. The molecule has 1 aliphatic heterocycles. The molecule has 0 bridgehead atoms. The summed E-state index contributed by atoms with van der Waals surface area (Å²) in [6.07, 6.45) is -0.204. The fraction of sp³-hybridized carbons (Fsp3) is 0.278.